The number of nitrogens with two attached hydrogens (primary N) is 1. The van der Waals surface area contributed by atoms with Crippen molar-refractivity contribution in [3.8, 4) is 0 Å². The molecule has 0 saturated carbocycles. The monoisotopic (exact) mass is 368 g/mol. The van der Waals surface area contributed by atoms with Crippen molar-refractivity contribution in [1.29, 1.82) is 0 Å². The molecule has 0 spiro atoms. The Morgan fingerprint density at radius 3 is 2.44 bits per heavy atom. The second-order valence-corrected chi connectivity index (χ2v) is 9.07. The van der Waals surface area contributed by atoms with E-state index in [9.17, 15) is 14.7 Å². The molecule has 1 aliphatic heterocycles. The molecule has 0 bridgehead atoms. The van der Waals surface area contributed by atoms with E-state index in [1.54, 1.807) is 6.92 Å². The molecule has 0 aromatic carbocycles. The Morgan fingerprint density at radius 2 is 1.96 bits per heavy atom. The summed E-state index contributed by atoms with van der Waals surface area (Å²) in [5.74, 6) is -0.889. The highest BCUT2D eigenvalue weighted by atomic mass is 32.1. The number of hydrogen-bond donors (Lipinski definition) is 3. The molecule has 0 radical (unpaired) electrons. The number of thiophene rings is 1. The topological polar surface area (TPSA) is 102 Å². The number of anilines is 1. The van der Waals surface area contributed by atoms with Crippen LogP contribution in [0.5, 0.6) is 0 Å². The molecule has 7 heteroatoms. The zero-order valence-corrected chi connectivity index (χ0v) is 16.6. The van der Waals surface area contributed by atoms with Crippen molar-refractivity contribution in [1.82, 2.24) is 0 Å². The number of rotatable bonds is 5. The van der Waals surface area contributed by atoms with Gasteiger partial charge in [-0.3, -0.25) is 9.59 Å². The average molecular weight is 368 g/mol. The highest BCUT2D eigenvalue weighted by molar-refractivity contribution is 7.17. The van der Waals surface area contributed by atoms with Crippen molar-refractivity contribution < 1.29 is 19.4 Å². The molecule has 0 aliphatic carbocycles. The van der Waals surface area contributed by atoms with Gasteiger partial charge in [0.1, 0.15) is 5.00 Å². The first-order chi connectivity index (χ1) is 11.4. The van der Waals surface area contributed by atoms with Gasteiger partial charge in [-0.1, -0.05) is 6.92 Å². The Labute approximate surface area is 152 Å². The van der Waals surface area contributed by atoms with Crippen LogP contribution in [0, 0.1) is 5.41 Å². The molecule has 2 amide bonds. The number of hydrogen-bond acceptors (Lipinski definition) is 5. The van der Waals surface area contributed by atoms with Crippen molar-refractivity contribution in [2.75, 3.05) is 11.9 Å². The summed E-state index contributed by atoms with van der Waals surface area (Å²) in [6.07, 6.45) is 1.02. The van der Waals surface area contributed by atoms with Gasteiger partial charge in [0.25, 0.3) is 5.91 Å². The molecule has 2 rings (SSSR count). The zero-order valence-electron chi connectivity index (χ0n) is 15.8. The van der Waals surface area contributed by atoms with Crippen LogP contribution in [-0.2, 0) is 21.6 Å². The van der Waals surface area contributed by atoms with E-state index in [0.29, 0.717) is 23.4 Å². The molecule has 25 heavy (non-hydrogen) atoms. The molecule has 0 saturated heterocycles. The Balaban J connectivity index is 2.53. The maximum absolute atomic E-state index is 12.6. The summed E-state index contributed by atoms with van der Waals surface area (Å²) in [4.78, 5) is 25.7. The lowest BCUT2D eigenvalue weighted by Gasteiger charge is -2.41. The van der Waals surface area contributed by atoms with Crippen LogP contribution < -0.4 is 11.1 Å². The van der Waals surface area contributed by atoms with Gasteiger partial charge >= 0.3 is 0 Å². The minimum absolute atomic E-state index is 0.270. The summed E-state index contributed by atoms with van der Waals surface area (Å²) in [5.41, 5.74) is 4.90. The molecule has 1 aromatic heterocycles. The fraction of sp³-hybridized carbons (Fsp3) is 0.667. The molecule has 140 valence electrons. The Morgan fingerprint density at radius 1 is 1.36 bits per heavy atom. The SMILES string of the molecule is CCC(C)(CO)C(=O)Nc1sc2c(c1C(N)=O)CC(C)(C)OC2(C)C. The number of aliphatic hydroxyl groups is 1. The predicted molar refractivity (Wildman–Crippen MR) is 98.8 cm³/mol. The van der Waals surface area contributed by atoms with Gasteiger partial charge < -0.3 is 20.9 Å². The quantitative estimate of drug-likeness (QED) is 0.744. The number of carbonyl (C=O) groups is 2. The van der Waals surface area contributed by atoms with Crippen LogP contribution in [0.3, 0.4) is 0 Å². The van der Waals surface area contributed by atoms with Gasteiger partial charge in [-0.25, -0.2) is 0 Å². The zero-order chi connectivity index (χ0) is 19.2. The smallest absolute Gasteiger partial charge is 0.251 e. The molecule has 0 fully saturated rings. The molecule has 2 heterocycles. The second-order valence-electron chi connectivity index (χ2n) is 8.05. The number of fused-ring (bicyclic) bond motifs is 1. The van der Waals surface area contributed by atoms with Crippen molar-refractivity contribution in [3.63, 3.8) is 0 Å². The van der Waals surface area contributed by atoms with Gasteiger partial charge in [-0.15, -0.1) is 11.3 Å². The van der Waals surface area contributed by atoms with E-state index in [-0.39, 0.29) is 12.5 Å². The van der Waals surface area contributed by atoms with Crippen molar-refractivity contribution in [2.24, 2.45) is 11.1 Å². The minimum Gasteiger partial charge on any atom is -0.395 e. The first-order valence-electron chi connectivity index (χ1n) is 8.45. The van der Waals surface area contributed by atoms with Crippen molar-refractivity contribution in [3.05, 3.63) is 16.0 Å². The standard InChI is InChI=1S/C18H28N2O4S/c1-7-18(6,9-21)15(23)20-14-11(13(19)22)10-8-16(2,3)24-17(4,5)12(10)25-14/h21H,7-9H2,1-6H3,(H2,19,22)(H,20,23). The number of ether oxygens (including phenoxy) is 1. The second kappa shape index (κ2) is 6.37. The van der Waals surface area contributed by atoms with Crippen molar-refractivity contribution in [2.45, 2.75) is 65.6 Å². The summed E-state index contributed by atoms with van der Waals surface area (Å²) in [5, 5.41) is 12.8. The third-order valence-corrected chi connectivity index (χ3v) is 6.29. The van der Waals surface area contributed by atoms with E-state index in [1.165, 1.54) is 11.3 Å². The number of aliphatic hydroxyl groups excluding tert-OH is 1. The van der Waals surface area contributed by atoms with Crippen LogP contribution in [0.2, 0.25) is 0 Å². The summed E-state index contributed by atoms with van der Waals surface area (Å²) in [7, 11) is 0. The van der Waals surface area contributed by atoms with E-state index >= 15 is 0 Å². The van der Waals surface area contributed by atoms with Crippen LogP contribution in [0.1, 0.15) is 68.8 Å². The lowest BCUT2D eigenvalue weighted by Crippen LogP contribution is -2.42. The van der Waals surface area contributed by atoms with Crippen molar-refractivity contribution >= 4 is 28.2 Å². The summed E-state index contributed by atoms with van der Waals surface area (Å²) in [6.45, 7) is 11.1. The minimum atomic E-state index is -0.912. The molecule has 1 unspecified atom stereocenters. The fourth-order valence-electron chi connectivity index (χ4n) is 3.27. The highest BCUT2D eigenvalue weighted by Gasteiger charge is 2.43. The first-order valence-corrected chi connectivity index (χ1v) is 9.27. The lowest BCUT2D eigenvalue weighted by atomic mass is 9.86. The van der Waals surface area contributed by atoms with Gasteiger partial charge in [0.05, 0.1) is 28.8 Å². The van der Waals surface area contributed by atoms with Gasteiger partial charge in [-0.2, -0.15) is 0 Å². The highest BCUT2D eigenvalue weighted by Crippen LogP contribution is 2.48. The number of nitrogens with one attached hydrogen (secondary N) is 1. The summed E-state index contributed by atoms with van der Waals surface area (Å²) >= 11 is 1.32. The Kier molecular flexibility index (Phi) is 5.07. The number of carbonyl (C=O) groups excluding carboxylic acids is 2. The Bertz CT molecular complexity index is 702. The Hall–Kier alpha value is -1.44. The molecule has 6 nitrogen and oxygen atoms in total. The van der Waals surface area contributed by atoms with Gasteiger partial charge in [0, 0.05) is 11.3 Å². The molecule has 4 N–H and O–H groups in total. The largest absolute Gasteiger partial charge is 0.395 e. The van der Waals surface area contributed by atoms with Gasteiger partial charge in [0.2, 0.25) is 5.91 Å². The maximum atomic E-state index is 12.6. The van der Waals surface area contributed by atoms with E-state index < -0.39 is 22.5 Å². The molecular formula is C18H28N2O4S. The lowest BCUT2D eigenvalue weighted by molar-refractivity contribution is -0.135. The van der Waals surface area contributed by atoms with Gasteiger partial charge in [-0.05, 0) is 46.6 Å². The van der Waals surface area contributed by atoms with E-state index in [0.717, 1.165) is 10.4 Å². The van der Waals surface area contributed by atoms with Crippen LogP contribution >= 0.6 is 11.3 Å². The van der Waals surface area contributed by atoms with E-state index in [2.05, 4.69) is 5.32 Å². The number of primary amides is 1. The molecule has 1 aliphatic rings. The third kappa shape index (κ3) is 3.59. The van der Waals surface area contributed by atoms with Gasteiger partial charge in [0.15, 0.2) is 0 Å². The molecule has 1 atom stereocenters. The molecular weight excluding hydrogens is 340 g/mol. The normalized spacial score (nSPS) is 20.4. The number of amides is 2. The maximum Gasteiger partial charge on any atom is 0.251 e. The van der Waals surface area contributed by atoms with Crippen LogP contribution in [-0.4, -0.2) is 29.1 Å². The third-order valence-electron chi connectivity index (χ3n) is 4.84. The molecule has 1 aromatic rings. The average Bonchev–Trinajstić information content (AvgIpc) is 2.83. The van der Waals surface area contributed by atoms with E-state index in [1.807, 2.05) is 34.6 Å². The predicted octanol–water partition coefficient (Wildman–Crippen LogP) is 2.78. The van der Waals surface area contributed by atoms with Crippen LogP contribution in [0.15, 0.2) is 0 Å². The summed E-state index contributed by atoms with van der Waals surface area (Å²) < 4.78 is 6.16. The van der Waals surface area contributed by atoms with E-state index in [4.69, 9.17) is 10.5 Å². The van der Waals surface area contributed by atoms with Crippen LogP contribution in [0.25, 0.3) is 0 Å². The first kappa shape index (κ1) is 19.9. The fourth-order valence-corrected chi connectivity index (χ4v) is 4.52. The summed E-state index contributed by atoms with van der Waals surface area (Å²) in [6, 6.07) is 0. The van der Waals surface area contributed by atoms with Crippen LogP contribution in [0.4, 0.5) is 5.00 Å².